The van der Waals surface area contributed by atoms with Gasteiger partial charge >= 0.3 is 18.3 Å². The Bertz CT molecular complexity index is 552. The van der Waals surface area contributed by atoms with Crippen LogP contribution in [0.5, 0.6) is 0 Å². The number of non-ortho nitro benzene ring substituents is 1. The molecule has 11 heteroatoms. The van der Waals surface area contributed by atoms with E-state index in [1.165, 1.54) is 0 Å². The smallest absolute Gasteiger partial charge is 0.318 e. The molecule has 0 heterocycles. The molecule has 110 valence electrons. The molecule has 5 nitrogen and oxygen atoms in total. The third-order valence-corrected chi connectivity index (χ3v) is 2.03. The molecule has 0 fully saturated rings. The van der Waals surface area contributed by atoms with Gasteiger partial charge in [0.05, 0.1) is 16.2 Å². The Labute approximate surface area is 106 Å². The first-order valence-electron chi connectivity index (χ1n) is 4.66. The van der Waals surface area contributed by atoms with Crippen molar-refractivity contribution in [3.05, 3.63) is 33.9 Å². The molecule has 1 rings (SSSR count). The Morgan fingerprint density at radius 2 is 1.70 bits per heavy atom. The van der Waals surface area contributed by atoms with Gasteiger partial charge in [-0.2, -0.15) is 26.3 Å². The minimum absolute atomic E-state index is 0.0337. The van der Waals surface area contributed by atoms with Crippen LogP contribution in [0.25, 0.3) is 0 Å². The number of hydrogen-bond acceptors (Lipinski definition) is 3. The Kier molecular flexibility index (Phi) is 3.92. The van der Waals surface area contributed by atoms with Crippen LogP contribution in [0.4, 0.5) is 37.7 Å². The summed E-state index contributed by atoms with van der Waals surface area (Å²) in [6, 6.07) is 0.956. The molecule has 0 spiro atoms. The first kappa shape index (κ1) is 15.7. The van der Waals surface area contributed by atoms with Crippen molar-refractivity contribution in [3.63, 3.8) is 0 Å². The van der Waals surface area contributed by atoms with Crippen molar-refractivity contribution in [3.8, 4) is 0 Å². The minimum Gasteiger partial charge on any atom is -0.318 e. The third-order valence-electron chi connectivity index (χ3n) is 2.03. The van der Waals surface area contributed by atoms with Crippen molar-refractivity contribution in [1.82, 2.24) is 0 Å². The van der Waals surface area contributed by atoms with Gasteiger partial charge in [0.2, 0.25) is 0 Å². The molecule has 1 aromatic carbocycles. The summed E-state index contributed by atoms with van der Waals surface area (Å²) in [6.07, 6.45) is -10.6. The van der Waals surface area contributed by atoms with Gasteiger partial charge in [-0.1, -0.05) is 0 Å². The molecular formula is C9H4F6N2O3. The lowest BCUT2D eigenvalue weighted by Crippen LogP contribution is -2.30. The van der Waals surface area contributed by atoms with Gasteiger partial charge in [-0.15, -0.1) is 0 Å². The molecule has 1 amide bonds. The van der Waals surface area contributed by atoms with E-state index in [9.17, 15) is 41.3 Å². The quantitative estimate of drug-likeness (QED) is 0.518. The summed E-state index contributed by atoms with van der Waals surface area (Å²) in [6.45, 7) is 0. The van der Waals surface area contributed by atoms with E-state index < -0.39 is 40.1 Å². The van der Waals surface area contributed by atoms with Crippen molar-refractivity contribution < 1.29 is 36.1 Å². The lowest BCUT2D eigenvalue weighted by atomic mass is 10.1. The first-order valence-corrected chi connectivity index (χ1v) is 4.66. The van der Waals surface area contributed by atoms with E-state index in [2.05, 4.69) is 0 Å². The molecule has 0 aliphatic rings. The second kappa shape index (κ2) is 4.98. The Balaban J connectivity index is 3.27. The average Bonchev–Trinajstić information content (AvgIpc) is 2.26. The van der Waals surface area contributed by atoms with Gasteiger partial charge in [0, 0.05) is 12.1 Å². The maximum atomic E-state index is 12.6. The fraction of sp³-hybridized carbons (Fsp3) is 0.222. The van der Waals surface area contributed by atoms with Crippen LogP contribution in [0.2, 0.25) is 0 Å². The molecule has 0 saturated heterocycles. The summed E-state index contributed by atoms with van der Waals surface area (Å²) >= 11 is 0. The number of carbonyl (C=O) groups excluding carboxylic acids is 1. The highest BCUT2D eigenvalue weighted by atomic mass is 19.4. The molecule has 0 aromatic heterocycles. The highest BCUT2D eigenvalue weighted by molar-refractivity contribution is 5.95. The lowest BCUT2D eigenvalue weighted by Gasteiger charge is -2.14. The fourth-order valence-electron chi connectivity index (χ4n) is 1.18. The number of amides is 1. The number of nitro groups is 1. The summed E-state index contributed by atoms with van der Waals surface area (Å²) in [5.41, 5.74) is -3.93. The predicted molar refractivity (Wildman–Crippen MR) is 52.8 cm³/mol. The van der Waals surface area contributed by atoms with Crippen molar-refractivity contribution >= 4 is 17.3 Å². The normalized spacial score (nSPS) is 12.1. The zero-order valence-electron chi connectivity index (χ0n) is 9.17. The van der Waals surface area contributed by atoms with E-state index in [0.29, 0.717) is 12.1 Å². The van der Waals surface area contributed by atoms with Crippen LogP contribution in [0.15, 0.2) is 18.2 Å². The zero-order valence-corrected chi connectivity index (χ0v) is 9.17. The van der Waals surface area contributed by atoms with Crippen LogP contribution in [-0.2, 0) is 11.0 Å². The van der Waals surface area contributed by atoms with Crippen molar-refractivity contribution in [2.45, 2.75) is 12.4 Å². The number of nitrogens with zero attached hydrogens (tertiary/aromatic N) is 1. The number of nitrogens with one attached hydrogen (secondary N) is 1. The molecule has 0 unspecified atom stereocenters. The second-order valence-electron chi connectivity index (χ2n) is 3.44. The van der Waals surface area contributed by atoms with Crippen LogP contribution in [0.3, 0.4) is 0 Å². The molecule has 0 atom stereocenters. The van der Waals surface area contributed by atoms with Crippen LogP contribution in [0, 0.1) is 10.1 Å². The van der Waals surface area contributed by atoms with Crippen molar-refractivity contribution in [1.29, 1.82) is 0 Å². The highest BCUT2D eigenvalue weighted by Gasteiger charge is 2.41. The Morgan fingerprint density at radius 3 is 2.10 bits per heavy atom. The average molecular weight is 302 g/mol. The second-order valence-corrected chi connectivity index (χ2v) is 3.44. The first-order chi connectivity index (χ1) is 8.93. The molecule has 0 aliphatic heterocycles. The minimum atomic E-state index is -5.38. The number of anilines is 1. The Morgan fingerprint density at radius 1 is 1.15 bits per heavy atom. The molecular weight excluding hydrogens is 298 g/mol. The lowest BCUT2D eigenvalue weighted by molar-refractivity contribution is -0.385. The topological polar surface area (TPSA) is 72.2 Å². The summed E-state index contributed by atoms with van der Waals surface area (Å²) in [7, 11) is 0. The molecule has 0 radical (unpaired) electrons. The molecule has 0 aliphatic carbocycles. The van der Waals surface area contributed by atoms with Crippen LogP contribution in [0.1, 0.15) is 5.56 Å². The van der Waals surface area contributed by atoms with Crippen LogP contribution < -0.4 is 5.32 Å². The van der Waals surface area contributed by atoms with Gasteiger partial charge in [0.15, 0.2) is 0 Å². The summed E-state index contributed by atoms with van der Waals surface area (Å²) in [4.78, 5) is 19.8. The van der Waals surface area contributed by atoms with Crippen molar-refractivity contribution in [2.24, 2.45) is 0 Å². The monoisotopic (exact) mass is 302 g/mol. The summed E-state index contributed by atoms with van der Waals surface area (Å²) < 4.78 is 73.7. The molecule has 1 aromatic rings. The highest BCUT2D eigenvalue weighted by Crippen LogP contribution is 2.37. The molecule has 0 bridgehead atoms. The van der Waals surface area contributed by atoms with Gasteiger partial charge in [0.1, 0.15) is 0 Å². The predicted octanol–water partition coefficient (Wildman–Crippen LogP) is 3.11. The Hall–Kier alpha value is -2.33. The van der Waals surface area contributed by atoms with E-state index in [1.54, 1.807) is 0 Å². The summed E-state index contributed by atoms with van der Waals surface area (Å²) in [5.74, 6) is -2.61. The van der Waals surface area contributed by atoms with Gasteiger partial charge in [-0.05, 0) is 6.07 Å². The standard InChI is InChI=1S/C9H4F6N2O3/c10-8(11,12)5-3-4(17(19)20)1-2-6(5)16-7(18)9(13,14)15/h1-3H,(H,16,18). The van der Waals surface area contributed by atoms with Gasteiger partial charge in [0.25, 0.3) is 5.69 Å². The molecule has 1 N–H and O–H groups in total. The van der Waals surface area contributed by atoms with Gasteiger partial charge in [-0.3, -0.25) is 14.9 Å². The number of benzene rings is 1. The maximum absolute atomic E-state index is 12.6. The number of hydrogen-bond donors (Lipinski definition) is 1. The fourth-order valence-corrected chi connectivity index (χ4v) is 1.18. The number of alkyl halides is 6. The van der Waals surface area contributed by atoms with Crippen LogP contribution in [-0.4, -0.2) is 17.0 Å². The maximum Gasteiger partial charge on any atom is 0.471 e. The number of carbonyl (C=O) groups is 1. The van der Waals surface area contributed by atoms with Gasteiger partial charge in [-0.25, -0.2) is 0 Å². The zero-order chi connectivity index (χ0) is 15.7. The molecule has 0 saturated carbocycles. The number of rotatable bonds is 2. The number of halogens is 6. The SMILES string of the molecule is O=C(Nc1ccc([N+](=O)[O-])cc1C(F)(F)F)C(F)(F)F. The van der Waals surface area contributed by atoms with Crippen LogP contribution >= 0.6 is 0 Å². The van der Waals surface area contributed by atoms with E-state index in [0.717, 1.165) is 5.32 Å². The number of nitro benzene ring substituents is 1. The van der Waals surface area contributed by atoms with E-state index >= 15 is 0 Å². The summed E-state index contributed by atoms with van der Waals surface area (Å²) in [5, 5.41) is 11.4. The van der Waals surface area contributed by atoms with Crippen molar-refractivity contribution in [2.75, 3.05) is 5.32 Å². The largest absolute Gasteiger partial charge is 0.471 e. The molecule has 20 heavy (non-hydrogen) atoms. The van der Waals surface area contributed by atoms with Gasteiger partial charge < -0.3 is 5.32 Å². The van der Waals surface area contributed by atoms with E-state index in [-0.39, 0.29) is 6.07 Å². The van der Waals surface area contributed by atoms with E-state index in [4.69, 9.17) is 0 Å². The third kappa shape index (κ3) is 3.59. The van der Waals surface area contributed by atoms with E-state index in [1.807, 2.05) is 0 Å².